The molecule has 0 bridgehead atoms. The molecule has 2 heteroatoms. The zero-order valence-corrected chi connectivity index (χ0v) is 9.83. The lowest BCUT2D eigenvalue weighted by Crippen LogP contribution is -2.37. The van der Waals surface area contributed by atoms with E-state index in [-0.39, 0.29) is 0 Å². The van der Waals surface area contributed by atoms with Crippen LogP contribution in [0.2, 0.25) is 0 Å². The Kier molecular flexibility index (Phi) is 2.60. The minimum Gasteiger partial charge on any atom is -0.399 e. The van der Waals surface area contributed by atoms with E-state index in [0.29, 0.717) is 0 Å². The van der Waals surface area contributed by atoms with Crippen molar-refractivity contribution in [2.24, 2.45) is 11.5 Å². The highest BCUT2D eigenvalue weighted by Crippen LogP contribution is 2.32. The number of hydrogen-bond acceptors (Lipinski definition) is 2. The summed E-state index contributed by atoms with van der Waals surface area (Å²) in [5.41, 5.74) is 16.2. The van der Waals surface area contributed by atoms with Crippen LogP contribution in [0.25, 0.3) is 0 Å². The van der Waals surface area contributed by atoms with Crippen molar-refractivity contribution < 1.29 is 0 Å². The molecule has 1 atom stereocenters. The number of aryl methyl sites for hydroxylation is 1. The van der Waals surface area contributed by atoms with Crippen LogP contribution in [0.5, 0.6) is 0 Å². The van der Waals surface area contributed by atoms with Crippen LogP contribution in [0.4, 0.5) is 0 Å². The molecule has 1 unspecified atom stereocenters. The summed E-state index contributed by atoms with van der Waals surface area (Å²) in [5, 5.41) is 0. The lowest BCUT2D eigenvalue weighted by molar-refractivity contribution is 0.544. The van der Waals surface area contributed by atoms with Gasteiger partial charge in [-0.2, -0.15) is 0 Å². The van der Waals surface area contributed by atoms with Crippen molar-refractivity contribution >= 4 is 0 Å². The lowest BCUT2D eigenvalue weighted by atomic mass is 9.81. The summed E-state index contributed by atoms with van der Waals surface area (Å²) in [5.74, 6) is 0. The predicted octanol–water partition coefficient (Wildman–Crippen LogP) is 2.34. The molecule has 0 fully saturated rings. The van der Waals surface area contributed by atoms with Crippen molar-refractivity contribution in [3.8, 4) is 0 Å². The van der Waals surface area contributed by atoms with E-state index in [9.17, 15) is 0 Å². The van der Waals surface area contributed by atoms with Gasteiger partial charge in [-0.15, -0.1) is 0 Å². The molecule has 1 aliphatic carbocycles. The van der Waals surface area contributed by atoms with Crippen molar-refractivity contribution in [2.75, 3.05) is 0 Å². The Morgan fingerprint density at radius 3 is 2.62 bits per heavy atom. The monoisotopic (exact) mass is 214 g/mol. The molecule has 0 radical (unpaired) electrons. The van der Waals surface area contributed by atoms with Crippen LogP contribution in [-0.4, -0.2) is 0 Å². The Labute approximate surface area is 96.6 Å². The zero-order chi connectivity index (χ0) is 11.8. The first-order valence-electron chi connectivity index (χ1n) is 5.52. The Balaban J connectivity index is 2.39. The van der Waals surface area contributed by atoms with Gasteiger partial charge < -0.3 is 11.5 Å². The average Bonchev–Trinajstić information content (AvgIpc) is 2.24. The third kappa shape index (κ3) is 1.89. The van der Waals surface area contributed by atoms with E-state index in [0.717, 1.165) is 23.3 Å². The van der Waals surface area contributed by atoms with E-state index in [1.165, 1.54) is 5.56 Å². The normalized spacial score (nSPS) is 24.9. The van der Waals surface area contributed by atoms with Crippen LogP contribution in [0.1, 0.15) is 24.5 Å². The molecule has 4 N–H and O–H groups in total. The van der Waals surface area contributed by atoms with Gasteiger partial charge in [0.15, 0.2) is 0 Å². The summed E-state index contributed by atoms with van der Waals surface area (Å²) in [6, 6.07) is 8.34. The molecular weight excluding hydrogens is 196 g/mol. The smallest absolute Gasteiger partial charge is 0.0637 e. The average molecular weight is 214 g/mol. The summed E-state index contributed by atoms with van der Waals surface area (Å²) < 4.78 is 0. The summed E-state index contributed by atoms with van der Waals surface area (Å²) >= 11 is 0. The predicted molar refractivity (Wildman–Crippen MR) is 67.7 cm³/mol. The van der Waals surface area contributed by atoms with Crippen molar-refractivity contribution in [3.05, 3.63) is 58.8 Å². The molecule has 1 aromatic carbocycles. The highest BCUT2D eigenvalue weighted by Gasteiger charge is 2.27. The molecule has 1 aromatic rings. The molecule has 0 aromatic heterocycles. The van der Waals surface area contributed by atoms with Gasteiger partial charge in [-0.3, -0.25) is 0 Å². The largest absolute Gasteiger partial charge is 0.399 e. The first-order chi connectivity index (χ1) is 7.51. The minimum atomic E-state index is -0.404. The molecule has 84 valence electrons. The Hall–Kier alpha value is -1.54. The molecule has 0 saturated heterocycles. The molecular formula is C14H18N2. The molecule has 2 rings (SSSR count). The molecule has 0 amide bonds. The molecule has 16 heavy (non-hydrogen) atoms. The maximum Gasteiger partial charge on any atom is 0.0637 e. The van der Waals surface area contributed by atoms with E-state index in [1.54, 1.807) is 0 Å². The van der Waals surface area contributed by atoms with Gasteiger partial charge in [-0.25, -0.2) is 0 Å². The first kappa shape index (κ1) is 11.0. The molecule has 0 aliphatic heterocycles. The topological polar surface area (TPSA) is 52.0 Å². The summed E-state index contributed by atoms with van der Waals surface area (Å²) in [6.45, 7) is 4.12. The van der Waals surface area contributed by atoms with E-state index < -0.39 is 5.54 Å². The van der Waals surface area contributed by atoms with Gasteiger partial charge in [0, 0.05) is 5.70 Å². The summed E-state index contributed by atoms with van der Waals surface area (Å²) in [6.07, 6.45) is 4.71. The number of benzene rings is 1. The number of hydrogen-bond donors (Lipinski definition) is 2. The highest BCUT2D eigenvalue weighted by atomic mass is 14.7. The van der Waals surface area contributed by atoms with Gasteiger partial charge in [-0.1, -0.05) is 35.9 Å². The fraction of sp³-hybridized carbons (Fsp3) is 0.286. The molecule has 2 nitrogen and oxygen atoms in total. The van der Waals surface area contributed by atoms with Crippen molar-refractivity contribution in [1.82, 2.24) is 0 Å². The van der Waals surface area contributed by atoms with Crippen LogP contribution in [0, 0.1) is 6.92 Å². The van der Waals surface area contributed by atoms with E-state index in [4.69, 9.17) is 11.5 Å². The lowest BCUT2D eigenvalue weighted by Gasteiger charge is -2.30. The second-order valence-corrected chi connectivity index (χ2v) is 4.66. The number of rotatable bonds is 1. The standard InChI is InChI=1S/C14H18N2/c1-10-4-3-5-12(8-10)14(16)7-6-13(15)11(2)9-14/h3-8H,9,15-16H2,1-2H3. The van der Waals surface area contributed by atoms with E-state index >= 15 is 0 Å². The van der Waals surface area contributed by atoms with Gasteiger partial charge >= 0.3 is 0 Å². The molecule has 0 saturated carbocycles. The summed E-state index contributed by atoms with van der Waals surface area (Å²) in [4.78, 5) is 0. The van der Waals surface area contributed by atoms with Gasteiger partial charge in [0.25, 0.3) is 0 Å². The fourth-order valence-electron chi connectivity index (χ4n) is 2.11. The number of allylic oxidation sites excluding steroid dienone is 1. The first-order valence-corrected chi connectivity index (χ1v) is 5.52. The van der Waals surface area contributed by atoms with Crippen molar-refractivity contribution in [3.63, 3.8) is 0 Å². The van der Waals surface area contributed by atoms with E-state index in [2.05, 4.69) is 25.1 Å². The maximum absolute atomic E-state index is 6.43. The second kappa shape index (κ2) is 3.80. The minimum absolute atomic E-state index is 0.404. The third-order valence-electron chi connectivity index (χ3n) is 3.17. The fourth-order valence-corrected chi connectivity index (χ4v) is 2.11. The van der Waals surface area contributed by atoms with Gasteiger partial charge in [0.05, 0.1) is 5.54 Å². The van der Waals surface area contributed by atoms with Gasteiger partial charge in [0.1, 0.15) is 0 Å². The van der Waals surface area contributed by atoms with Crippen molar-refractivity contribution in [2.45, 2.75) is 25.8 Å². The van der Waals surface area contributed by atoms with Gasteiger partial charge in [-0.05, 0) is 37.5 Å². The van der Waals surface area contributed by atoms with Crippen molar-refractivity contribution in [1.29, 1.82) is 0 Å². The van der Waals surface area contributed by atoms with Crippen LogP contribution in [-0.2, 0) is 5.54 Å². The summed E-state index contributed by atoms with van der Waals surface area (Å²) in [7, 11) is 0. The highest BCUT2D eigenvalue weighted by molar-refractivity contribution is 5.40. The van der Waals surface area contributed by atoms with Crippen LogP contribution in [0.3, 0.4) is 0 Å². The Morgan fingerprint density at radius 1 is 1.25 bits per heavy atom. The number of nitrogens with two attached hydrogens (primary N) is 2. The third-order valence-corrected chi connectivity index (χ3v) is 3.17. The molecule has 0 heterocycles. The van der Waals surface area contributed by atoms with Crippen LogP contribution < -0.4 is 11.5 Å². The maximum atomic E-state index is 6.43. The zero-order valence-electron chi connectivity index (χ0n) is 9.83. The second-order valence-electron chi connectivity index (χ2n) is 4.66. The molecule has 1 aliphatic rings. The van der Waals surface area contributed by atoms with Crippen LogP contribution >= 0.6 is 0 Å². The van der Waals surface area contributed by atoms with Crippen LogP contribution in [0.15, 0.2) is 47.7 Å². The SMILES string of the molecule is CC1=C(N)C=CC(N)(c2cccc(C)c2)C1. The van der Waals surface area contributed by atoms with Gasteiger partial charge in [0.2, 0.25) is 0 Å². The van der Waals surface area contributed by atoms with E-state index in [1.807, 2.05) is 25.1 Å². The Bertz CT molecular complexity index is 471. The quantitative estimate of drug-likeness (QED) is 0.754. The Morgan fingerprint density at radius 2 is 2.00 bits per heavy atom. The molecule has 0 spiro atoms.